The molecule has 2 rings (SSSR count). The van der Waals surface area contributed by atoms with Gasteiger partial charge in [0.2, 0.25) is 0 Å². The molecule has 23 heavy (non-hydrogen) atoms. The number of nitrogens with zero attached hydrogens (tertiary/aromatic N) is 1. The number of ether oxygens (including phenoxy) is 1. The minimum Gasteiger partial charge on any atom is -0.496 e. The highest BCUT2D eigenvalue weighted by Gasteiger charge is 2.17. The van der Waals surface area contributed by atoms with E-state index in [4.69, 9.17) is 4.74 Å². The molecule has 0 unspecified atom stereocenters. The number of carbonyl (C=O) groups is 1. The first kappa shape index (κ1) is 17.2. The van der Waals surface area contributed by atoms with Gasteiger partial charge in [0.15, 0.2) is 5.78 Å². The number of hydrogen-bond acceptors (Lipinski definition) is 3. The van der Waals surface area contributed by atoms with E-state index >= 15 is 0 Å². The number of rotatable bonds is 8. The third-order valence-electron chi connectivity index (χ3n) is 3.98. The van der Waals surface area contributed by atoms with Crippen LogP contribution in [0, 0.1) is 0 Å². The summed E-state index contributed by atoms with van der Waals surface area (Å²) in [5, 5.41) is 0. The molecule has 0 heterocycles. The number of para-hydroxylation sites is 1. The first-order chi connectivity index (χ1) is 11.1. The molecule has 0 fully saturated rings. The van der Waals surface area contributed by atoms with E-state index in [0.717, 1.165) is 13.0 Å². The molecule has 0 aliphatic rings. The first-order valence-corrected chi connectivity index (χ1v) is 7.97. The summed E-state index contributed by atoms with van der Waals surface area (Å²) >= 11 is 0. The Morgan fingerprint density at radius 2 is 1.70 bits per heavy atom. The van der Waals surface area contributed by atoms with Gasteiger partial charge >= 0.3 is 0 Å². The van der Waals surface area contributed by atoms with E-state index in [0.29, 0.717) is 23.7 Å². The van der Waals surface area contributed by atoms with Crippen molar-refractivity contribution < 1.29 is 9.53 Å². The van der Waals surface area contributed by atoms with Crippen LogP contribution >= 0.6 is 0 Å². The van der Waals surface area contributed by atoms with Crippen molar-refractivity contribution in [1.82, 2.24) is 4.90 Å². The maximum absolute atomic E-state index is 12.6. The quantitative estimate of drug-likeness (QED) is 0.690. The molecular weight excluding hydrogens is 286 g/mol. The van der Waals surface area contributed by atoms with Crippen LogP contribution in [-0.4, -0.2) is 38.4 Å². The molecule has 0 spiro atoms. The van der Waals surface area contributed by atoms with Crippen LogP contribution in [0.2, 0.25) is 0 Å². The van der Waals surface area contributed by atoms with Gasteiger partial charge < -0.3 is 9.64 Å². The van der Waals surface area contributed by atoms with Crippen LogP contribution in [0.25, 0.3) is 0 Å². The van der Waals surface area contributed by atoms with E-state index in [1.54, 1.807) is 7.11 Å². The molecule has 2 aromatic carbocycles. The number of carbonyl (C=O) groups excluding carboxylic acids is 1. The van der Waals surface area contributed by atoms with Crippen molar-refractivity contribution >= 4 is 5.78 Å². The lowest BCUT2D eigenvalue weighted by Gasteiger charge is -2.21. The Kier molecular flexibility index (Phi) is 6.36. The molecule has 0 saturated heterocycles. The maximum Gasteiger partial charge on any atom is 0.166 e. The van der Waals surface area contributed by atoms with E-state index in [9.17, 15) is 4.79 Å². The molecule has 1 atom stereocenters. The van der Waals surface area contributed by atoms with E-state index in [2.05, 4.69) is 43.3 Å². The predicted octanol–water partition coefficient (Wildman–Crippen LogP) is 4.00. The van der Waals surface area contributed by atoms with Gasteiger partial charge in [-0.05, 0) is 44.1 Å². The lowest BCUT2D eigenvalue weighted by molar-refractivity contribution is 0.0973. The van der Waals surface area contributed by atoms with Gasteiger partial charge in [-0.15, -0.1) is 0 Å². The molecule has 0 amide bonds. The molecule has 0 bridgehead atoms. The Morgan fingerprint density at radius 3 is 2.35 bits per heavy atom. The Bertz CT molecular complexity index is 623. The van der Waals surface area contributed by atoms with Gasteiger partial charge in [-0.1, -0.05) is 42.5 Å². The SMILES string of the molecule is COc1ccccc1C(=O)CC[C@H](CN(C)C)c1ccccc1. The molecule has 0 N–H and O–H groups in total. The van der Waals surface area contributed by atoms with Crippen molar-refractivity contribution in [2.75, 3.05) is 27.7 Å². The number of ketones is 1. The minimum absolute atomic E-state index is 0.141. The van der Waals surface area contributed by atoms with Gasteiger partial charge in [0.1, 0.15) is 5.75 Å². The van der Waals surface area contributed by atoms with Crippen LogP contribution in [0.15, 0.2) is 54.6 Å². The summed E-state index contributed by atoms with van der Waals surface area (Å²) in [7, 11) is 5.74. The van der Waals surface area contributed by atoms with Crippen molar-refractivity contribution in [3.05, 3.63) is 65.7 Å². The number of likely N-dealkylation sites (N-methyl/N-ethyl adjacent to an activating group) is 1. The molecular formula is C20H25NO2. The van der Waals surface area contributed by atoms with E-state index < -0.39 is 0 Å². The second-order valence-electron chi connectivity index (χ2n) is 6.03. The second kappa shape index (κ2) is 8.49. The smallest absolute Gasteiger partial charge is 0.166 e. The Hall–Kier alpha value is -2.13. The number of hydrogen-bond donors (Lipinski definition) is 0. The molecule has 0 aliphatic carbocycles. The first-order valence-electron chi connectivity index (χ1n) is 7.97. The van der Waals surface area contributed by atoms with E-state index in [1.807, 2.05) is 30.3 Å². The van der Waals surface area contributed by atoms with Crippen molar-refractivity contribution in [3.8, 4) is 5.75 Å². The Labute approximate surface area is 138 Å². The van der Waals surface area contributed by atoms with Crippen LogP contribution in [0.4, 0.5) is 0 Å². The van der Waals surface area contributed by atoms with E-state index in [1.165, 1.54) is 5.56 Å². The van der Waals surface area contributed by atoms with Gasteiger partial charge in [-0.25, -0.2) is 0 Å². The number of Topliss-reactive ketones (excluding diaryl/α,β-unsaturated/α-hetero) is 1. The fourth-order valence-electron chi connectivity index (χ4n) is 2.84. The summed E-state index contributed by atoms with van der Waals surface area (Å²) in [4.78, 5) is 14.7. The van der Waals surface area contributed by atoms with Gasteiger partial charge in [0.05, 0.1) is 12.7 Å². The van der Waals surface area contributed by atoms with Gasteiger partial charge in [-0.2, -0.15) is 0 Å². The van der Waals surface area contributed by atoms with Crippen LogP contribution < -0.4 is 4.74 Å². The average Bonchev–Trinajstić information content (AvgIpc) is 2.58. The fourth-order valence-corrected chi connectivity index (χ4v) is 2.84. The van der Waals surface area contributed by atoms with Crippen molar-refractivity contribution in [3.63, 3.8) is 0 Å². The normalized spacial score (nSPS) is 12.2. The van der Waals surface area contributed by atoms with Crippen molar-refractivity contribution in [2.45, 2.75) is 18.8 Å². The van der Waals surface area contributed by atoms with Gasteiger partial charge in [0, 0.05) is 13.0 Å². The summed E-state index contributed by atoms with van der Waals surface area (Å²) in [5.74, 6) is 1.15. The highest BCUT2D eigenvalue weighted by molar-refractivity contribution is 5.98. The molecule has 0 aliphatic heterocycles. The zero-order chi connectivity index (χ0) is 16.7. The lowest BCUT2D eigenvalue weighted by atomic mass is 9.91. The minimum atomic E-state index is 0.141. The molecule has 0 saturated carbocycles. The lowest BCUT2D eigenvalue weighted by Crippen LogP contribution is -2.21. The van der Waals surface area contributed by atoms with Gasteiger partial charge in [-0.3, -0.25) is 4.79 Å². The largest absolute Gasteiger partial charge is 0.496 e. The topological polar surface area (TPSA) is 29.5 Å². The summed E-state index contributed by atoms with van der Waals surface area (Å²) < 4.78 is 5.29. The zero-order valence-corrected chi connectivity index (χ0v) is 14.2. The molecule has 3 heteroatoms. The molecule has 122 valence electrons. The average molecular weight is 311 g/mol. The van der Waals surface area contributed by atoms with Crippen LogP contribution in [0.5, 0.6) is 5.75 Å². The second-order valence-corrected chi connectivity index (χ2v) is 6.03. The summed E-state index contributed by atoms with van der Waals surface area (Å²) in [6.45, 7) is 0.934. The number of benzene rings is 2. The molecule has 0 aromatic heterocycles. The van der Waals surface area contributed by atoms with E-state index in [-0.39, 0.29) is 5.78 Å². The summed E-state index contributed by atoms with van der Waals surface area (Å²) in [5.41, 5.74) is 1.96. The Balaban J connectivity index is 2.07. The highest BCUT2D eigenvalue weighted by Crippen LogP contribution is 2.25. The van der Waals surface area contributed by atoms with Crippen molar-refractivity contribution in [2.24, 2.45) is 0 Å². The standard InChI is InChI=1S/C20H25NO2/c1-21(2)15-17(16-9-5-4-6-10-16)13-14-19(22)18-11-7-8-12-20(18)23-3/h4-12,17H,13-15H2,1-3H3/t17-/m1/s1. The molecule has 3 nitrogen and oxygen atoms in total. The fraction of sp³-hybridized carbons (Fsp3) is 0.350. The summed E-state index contributed by atoms with van der Waals surface area (Å²) in [6, 6.07) is 17.9. The zero-order valence-electron chi connectivity index (χ0n) is 14.2. The van der Waals surface area contributed by atoms with Crippen LogP contribution in [-0.2, 0) is 0 Å². The van der Waals surface area contributed by atoms with Crippen molar-refractivity contribution in [1.29, 1.82) is 0 Å². The predicted molar refractivity (Wildman–Crippen MR) is 94.3 cm³/mol. The third-order valence-corrected chi connectivity index (χ3v) is 3.98. The number of methoxy groups -OCH3 is 1. The Morgan fingerprint density at radius 1 is 1.04 bits per heavy atom. The summed E-state index contributed by atoms with van der Waals surface area (Å²) in [6.07, 6.45) is 1.35. The molecule has 0 radical (unpaired) electrons. The van der Waals surface area contributed by atoms with Gasteiger partial charge in [0.25, 0.3) is 0 Å². The van der Waals surface area contributed by atoms with Crippen LogP contribution in [0.3, 0.4) is 0 Å². The molecule has 2 aromatic rings. The third kappa shape index (κ3) is 4.93. The monoisotopic (exact) mass is 311 g/mol. The highest BCUT2D eigenvalue weighted by atomic mass is 16.5. The van der Waals surface area contributed by atoms with Crippen LogP contribution in [0.1, 0.15) is 34.7 Å². The maximum atomic E-state index is 12.6.